The number of nitriles is 1. The summed E-state index contributed by atoms with van der Waals surface area (Å²) in [6.07, 6.45) is -3.34. The van der Waals surface area contributed by atoms with Crippen molar-refractivity contribution in [2.75, 3.05) is 31.0 Å². The Hall–Kier alpha value is -4.50. The lowest BCUT2D eigenvalue weighted by Crippen LogP contribution is -2.20. The average molecular weight is 618 g/mol. The van der Waals surface area contributed by atoms with Crippen molar-refractivity contribution in [3.8, 4) is 23.3 Å². The lowest BCUT2D eigenvalue weighted by molar-refractivity contribution is -0.137. The van der Waals surface area contributed by atoms with Crippen molar-refractivity contribution in [1.82, 2.24) is 0 Å². The summed E-state index contributed by atoms with van der Waals surface area (Å²) in [4.78, 5) is 25.0. The van der Waals surface area contributed by atoms with Gasteiger partial charge in [-0.2, -0.15) is 18.4 Å². The van der Waals surface area contributed by atoms with E-state index in [-0.39, 0.29) is 36.0 Å². The van der Waals surface area contributed by atoms with Crippen molar-refractivity contribution >= 4 is 45.2 Å². The number of benzene rings is 3. The molecule has 0 saturated carbocycles. The highest BCUT2D eigenvalue weighted by molar-refractivity contribution is 9.10. The van der Waals surface area contributed by atoms with Gasteiger partial charge in [-0.15, -0.1) is 0 Å². The predicted molar refractivity (Wildman–Crippen MR) is 146 cm³/mol. The van der Waals surface area contributed by atoms with Gasteiger partial charge >= 0.3 is 6.18 Å². The SMILES string of the molecule is CCOc1cc(/C=C(\C#N)C(=O)Nc2cccc(C(F)(F)F)c2)cc(Br)c1OCC(=O)Nc1ccc(OC)cc1. The van der Waals surface area contributed by atoms with Gasteiger partial charge in [-0.25, -0.2) is 0 Å². The van der Waals surface area contributed by atoms with E-state index >= 15 is 0 Å². The number of carbonyl (C=O) groups excluding carboxylic acids is 2. The van der Waals surface area contributed by atoms with Crippen molar-refractivity contribution in [3.05, 3.63) is 81.8 Å². The summed E-state index contributed by atoms with van der Waals surface area (Å²) >= 11 is 3.36. The number of rotatable bonds is 10. The first-order valence-electron chi connectivity index (χ1n) is 11.7. The topological polar surface area (TPSA) is 110 Å². The maximum absolute atomic E-state index is 13.0. The third-order valence-corrected chi connectivity index (χ3v) is 5.77. The first-order valence-corrected chi connectivity index (χ1v) is 12.5. The molecule has 8 nitrogen and oxygen atoms in total. The van der Waals surface area contributed by atoms with E-state index in [1.54, 1.807) is 37.3 Å². The van der Waals surface area contributed by atoms with Crippen LogP contribution in [-0.4, -0.2) is 32.1 Å². The Bertz CT molecular complexity index is 1450. The van der Waals surface area contributed by atoms with Crippen LogP contribution in [0.25, 0.3) is 6.08 Å². The van der Waals surface area contributed by atoms with Crippen LogP contribution >= 0.6 is 15.9 Å². The van der Waals surface area contributed by atoms with Gasteiger partial charge in [0.1, 0.15) is 17.4 Å². The highest BCUT2D eigenvalue weighted by atomic mass is 79.9. The van der Waals surface area contributed by atoms with E-state index in [1.807, 2.05) is 0 Å². The number of nitrogens with one attached hydrogen (secondary N) is 2. The van der Waals surface area contributed by atoms with Gasteiger partial charge in [0, 0.05) is 11.4 Å². The van der Waals surface area contributed by atoms with Crippen molar-refractivity contribution in [3.63, 3.8) is 0 Å². The Morgan fingerprint density at radius 1 is 1.02 bits per heavy atom. The molecule has 0 spiro atoms. The summed E-state index contributed by atoms with van der Waals surface area (Å²) in [6, 6.07) is 15.6. The Morgan fingerprint density at radius 2 is 1.75 bits per heavy atom. The molecule has 0 radical (unpaired) electrons. The second kappa shape index (κ2) is 13.5. The second-order valence-electron chi connectivity index (χ2n) is 8.03. The highest BCUT2D eigenvalue weighted by Crippen LogP contribution is 2.38. The molecule has 12 heteroatoms. The molecule has 2 amide bonds. The Kier molecular flexibility index (Phi) is 10.2. The van der Waals surface area contributed by atoms with Crippen molar-refractivity contribution in [2.45, 2.75) is 13.1 Å². The Labute approximate surface area is 236 Å². The van der Waals surface area contributed by atoms with Crippen LogP contribution in [0.15, 0.2) is 70.7 Å². The molecule has 0 unspecified atom stereocenters. The molecule has 0 fully saturated rings. The number of ether oxygens (including phenoxy) is 3. The second-order valence-corrected chi connectivity index (χ2v) is 8.89. The summed E-state index contributed by atoms with van der Waals surface area (Å²) in [5.41, 5.74) is -0.507. The molecule has 3 aromatic rings. The van der Waals surface area contributed by atoms with E-state index in [9.17, 15) is 28.0 Å². The van der Waals surface area contributed by atoms with Crippen LogP contribution in [0.3, 0.4) is 0 Å². The molecule has 0 aromatic heterocycles. The van der Waals surface area contributed by atoms with Crippen LogP contribution in [0.1, 0.15) is 18.1 Å². The molecule has 0 saturated heterocycles. The quantitative estimate of drug-likeness (QED) is 0.200. The zero-order chi connectivity index (χ0) is 29.3. The van der Waals surface area contributed by atoms with Crippen molar-refractivity contribution in [2.24, 2.45) is 0 Å². The van der Waals surface area contributed by atoms with Gasteiger partial charge in [0.2, 0.25) is 0 Å². The number of anilines is 2. The van der Waals surface area contributed by atoms with E-state index < -0.39 is 23.6 Å². The standard InChI is InChI=1S/C28H23BrF3N3O5/c1-3-39-24-13-17(11-18(15-33)27(37)35-21-6-4-5-19(14-21)28(30,31)32)12-23(29)26(24)40-16-25(36)34-20-7-9-22(38-2)10-8-20/h4-14H,3,16H2,1-2H3,(H,34,36)(H,35,37)/b18-11+. The number of amides is 2. The number of hydrogen-bond donors (Lipinski definition) is 2. The van der Waals surface area contributed by atoms with Crippen molar-refractivity contribution < 1.29 is 37.0 Å². The van der Waals surface area contributed by atoms with Gasteiger partial charge in [-0.05, 0) is 89.1 Å². The van der Waals surface area contributed by atoms with Gasteiger partial charge in [-0.1, -0.05) is 6.07 Å². The van der Waals surface area contributed by atoms with Gasteiger partial charge in [0.15, 0.2) is 18.1 Å². The molecule has 0 aliphatic carbocycles. The van der Waals surface area contributed by atoms with E-state index in [0.29, 0.717) is 21.5 Å². The smallest absolute Gasteiger partial charge is 0.416 e. The van der Waals surface area contributed by atoms with Gasteiger partial charge in [0.05, 0.1) is 23.8 Å². The number of carbonyl (C=O) groups is 2. The molecule has 3 rings (SSSR count). The monoisotopic (exact) mass is 617 g/mol. The number of alkyl halides is 3. The Morgan fingerprint density at radius 3 is 2.38 bits per heavy atom. The molecule has 2 N–H and O–H groups in total. The summed E-state index contributed by atoms with van der Waals surface area (Å²) < 4.78 is 55.7. The lowest BCUT2D eigenvalue weighted by Gasteiger charge is -2.15. The third-order valence-electron chi connectivity index (χ3n) is 5.18. The van der Waals surface area contributed by atoms with Crippen LogP contribution in [0.4, 0.5) is 24.5 Å². The number of halogens is 4. The Balaban J connectivity index is 1.76. The predicted octanol–water partition coefficient (Wildman–Crippen LogP) is 6.44. The molecule has 208 valence electrons. The fraction of sp³-hybridized carbons (Fsp3) is 0.179. The number of methoxy groups -OCH3 is 1. The largest absolute Gasteiger partial charge is 0.497 e. The first-order chi connectivity index (χ1) is 19.0. The molecule has 0 aliphatic heterocycles. The molecule has 3 aromatic carbocycles. The summed E-state index contributed by atoms with van der Waals surface area (Å²) in [7, 11) is 1.53. The molecule has 0 heterocycles. The summed E-state index contributed by atoms with van der Waals surface area (Å²) in [5.74, 6) is -0.235. The normalized spacial score (nSPS) is 11.3. The molecule has 0 atom stereocenters. The minimum Gasteiger partial charge on any atom is -0.497 e. The zero-order valence-corrected chi connectivity index (χ0v) is 22.9. The summed E-state index contributed by atoms with van der Waals surface area (Å²) in [5, 5.41) is 14.5. The van der Waals surface area contributed by atoms with Crippen LogP contribution in [-0.2, 0) is 15.8 Å². The average Bonchev–Trinajstić information content (AvgIpc) is 2.91. The van der Waals surface area contributed by atoms with E-state index in [4.69, 9.17) is 14.2 Å². The van der Waals surface area contributed by atoms with Crippen LogP contribution < -0.4 is 24.8 Å². The molecule has 0 bridgehead atoms. The zero-order valence-electron chi connectivity index (χ0n) is 21.3. The molecular weight excluding hydrogens is 595 g/mol. The summed E-state index contributed by atoms with van der Waals surface area (Å²) in [6.45, 7) is 1.64. The fourth-order valence-electron chi connectivity index (χ4n) is 3.37. The van der Waals surface area contributed by atoms with E-state index in [2.05, 4.69) is 26.6 Å². The fourth-order valence-corrected chi connectivity index (χ4v) is 3.94. The molecule has 40 heavy (non-hydrogen) atoms. The van der Waals surface area contributed by atoms with Crippen LogP contribution in [0, 0.1) is 11.3 Å². The maximum Gasteiger partial charge on any atom is 0.416 e. The molecule has 0 aliphatic rings. The minimum atomic E-state index is -4.59. The highest BCUT2D eigenvalue weighted by Gasteiger charge is 2.30. The van der Waals surface area contributed by atoms with Crippen LogP contribution in [0.5, 0.6) is 17.2 Å². The van der Waals surface area contributed by atoms with E-state index in [1.165, 1.54) is 31.4 Å². The van der Waals surface area contributed by atoms with Gasteiger partial charge in [0.25, 0.3) is 11.8 Å². The minimum absolute atomic E-state index is 0.117. The number of nitrogens with zero attached hydrogens (tertiary/aromatic N) is 1. The lowest BCUT2D eigenvalue weighted by atomic mass is 10.1. The number of hydrogen-bond acceptors (Lipinski definition) is 6. The van der Waals surface area contributed by atoms with E-state index in [0.717, 1.165) is 18.2 Å². The molecular formula is C28H23BrF3N3O5. The van der Waals surface area contributed by atoms with Crippen molar-refractivity contribution in [1.29, 1.82) is 5.26 Å². The first kappa shape index (κ1) is 30.0. The van der Waals surface area contributed by atoms with Crippen LogP contribution in [0.2, 0.25) is 0 Å². The maximum atomic E-state index is 13.0. The van der Waals surface area contributed by atoms with Gasteiger partial charge in [-0.3, -0.25) is 9.59 Å². The third kappa shape index (κ3) is 8.25. The van der Waals surface area contributed by atoms with Gasteiger partial charge < -0.3 is 24.8 Å².